The van der Waals surface area contributed by atoms with Crippen LogP contribution in [0.4, 0.5) is 22.0 Å². The Labute approximate surface area is 177 Å². The molecule has 0 spiro atoms. The molecule has 3 aromatic rings. The molecule has 0 aliphatic rings. The van der Waals surface area contributed by atoms with Gasteiger partial charge >= 0.3 is 6.18 Å². The number of rotatable bonds is 5. The average Bonchev–Trinajstić information content (AvgIpc) is 2.75. The van der Waals surface area contributed by atoms with Crippen molar-refractivity contribution < 1.29 is 31.9 Å². The average molecular weight is 454 g/mol. The third-order valence-corrected chi connectivity index (χ3v) is 4.31. The summed E-state index contributed by atoms with van der Waals surface area (Å²) in [6.07, 6.45) is -4.08. The number of hydrogen-bond acceptors (Lipinski definition) is 5. The molecule has 168 valence electrons. The molecule has 0 aliphatic carbocycles. The van der Waals surface area contributed by atoms with E-state index in [2.05, 4.69) is 15.4 Å². The maximum absolute atomic E-state index is 13.7. The van der Waals surface area contributed by atoms with E-state index >= 15 is 0 Å². The van der Waals surface area contributed by atoms with Gasteiger partial charge in [-0.1, -0.05) is 0 Å². The van der Waals surface area contributed by atoms with Gasteiger partial charge in [-0.3, -0.25) is 14.6 Å². The van der Waals surface area contributed by atoms with E-state index in [0.717, 1.165) is 30.3 Å². The number of nitrogens with zero attached hydrogens (tertiary/aromatic N) is 3. The Kier molecular flexibility index (Phi) is 6.35. The number of aromatic nitrogens is 3. The van der Waals surface area contributed by atoms with Crippen LogP contribution >= 0.6 is 0 Å². The van der Waals surface area contributed by atoms with Crippen LogP contribution in [0.5, 0.6) is 0 Å². The number of pyridine rings is 1. The Hall–Kier alpha value is -3.67. The van der Waals surface area contributed by atoms with Gasteiger partial charge in [-0.2, -0.15) is 23.0 Å². The summed E-state index contributed by atoms with van der Waals surface area (Å²) < 4.78 is 66.1. The second kappa shape index (κ2) is 8.83. The first kappa shape index (κ1) is 23.0. The highest BCUT2D eigenvalue weighted by molar-refractivity contribution is 5.94. The molecule has 1 unspecified atom stereocenters. The SMILES string of the molecule is CC(CO)NC(=O)c1cc(-c2ccc(C(F)(F)F)cn2)nn(-c2ccc(F)c(F)c2)c1=O. The van der Waals surface area contributed by atoms with E-state index in [-0.39, 0.29) is 17.1 Å². The maximum Gasteiger partial charge on any atom is 0.417 e. The lowest BCUT2D eigenvalue weighted by Gasteiger charge is -2.14. The molecule has 7 nitrogen and oxygen atoms in total. The Balaban J connectivity index is 2.19. The zero-order chi connectivity index (χ0) is 23.6. The molecule has 1 atom stereocenters. The summed E-state index contributed by atoms with van der Waals surface area (Å²) in [5.74, 6) is -3.38. The summed E-state index contributed by atoms with van der Waals surface area (Å²) in [6.45, 7) is 1.03. The third kappa shape index (κ3) is 4.80. The van der Waals surface area contributed by atoms with Crippen LogP contribution in [-0.4, -0.2) is 38.4 Å². The normalized spacial score (nSPS) is 12.5. The summed E-state index contributed by atoms with van der Waals surface area (Å²) in [5.41, 5.74) is -3.05. The molecule has 1 amide bonds. The van der Waals surface area contributed by atoms with Gasteiger partial charge < -0.3 is 10.4 Å². The lowest BCUT2D eigenvalue weighted by atomic mass is 10.1. The summed E-state index contributed by atoms with van der Waals surface area (Å²) >= 11 is 0. The first-order chi connectivity index (χ1) is 15.0. The molecule has 0 saturated heterocycles. The quantitative estimate of drug-likeness (QED) is 0.578. The summed E-state index contributed by atoms with van der Waals surface area (Å²) in [7, 11) is 0. The zero-order valence-electron chi connectivity index (χ0n) is 16.3. The smallest absolute Gasteiger partial charge is 0.394 e. The third-order valence-electron chi connectivity index (χ3n) is 4.31. The van der Waals surface area contributed by atoms with Crippen molar-refractivity contribution in [2.24, 2.45) is 0 Å². The first-order valence-corrected chi connectivity index (χ1v) is 9.06. The van der Waals surface area contributed by atoms with E-state index in [0.29, 0.717) is 16.9 Å². The van der Waals surface area contributed by atoms with Crippen LogP contribution in [-0.2, 0) is 6.18 Å². The van der Waals surface area contributed by atoms with Crippen LogP contribution < -0.4 is 10.9 Å². The molecule has 0 fully saturated rings. The van der Waals surface area contributed by atoms with Crippen molar-refractivity contribution >= 4 is 5.91 Å². The highest BCUT2D eigenvalue weighted by atomic mass is 19.4. The second-order valence-corrected chi connectivity index (χ2v) is 6.75. The zero-order valence-corrected chi connectivity index (χ0v) is 16.3. The molecule has 32 heavy (non-hydrogen) atoms. The van der Waals surface area contributed by atoms with Gasteiger partial charge in [0.15, 0.2) is 11.6 Å². The van der Waals surface area contributed by atoms with Crippen molar-refractivity contribution in [2.75, 3.05) is 6.61 Å². The van der Waals surface area contributed by atoms with Crippen molar-refractivity contribution in [1.29, 1.82) is 0 Å². The van der Waals surface area contributed by atoms with E-state index in [4.69, 9.17) is 5.11 Å². The molecular formula is C20H15F5N4O3. The number of benzene rings is 1. The fourth-order valence-electron chi connectivity index (χ4n) is 2.63. The number of nitrogens with one attached hydrogen (secondary N) is 1. The van der Waals surface area contributed by atoms with Gasteiger partial charge in [0, 0.05) is 18.3 Å². The number of carbonyl (C=O) groups is 1. The Bertz CT molecular complexity index is 1210. The fourth-order valence-corrected chi connectivity index (χ4v) is 2.63. The lowest BCUT2D eigenvalue weighted by Crippen LogP contribution is -2.39. The van der Waals surface area contributed by atoms with Gasteiger partial charge in [-0.15, -0.1) is 0 Å². The maximum atomic E-state index is 13.7. The summed E-state index contributed by atoms with van der Waals surface area (Å²) in [5, 5.41) is 15.4. The molecule has 2 aromatic heterocycles. The van der Waals surface area contributed by atoms with Crippen LogP contribution in [0, 0.1) is 11.6 Å². The standard InChI is InChI=1S/C20H15F5N4O3/c1-10(9-30)27-18(31)13-7-17(16-5-2-11(8-26-16)20(23,24)25)28-29(19(13)32)12-3-4-14(21)15(22)6-12/h2-8,10,30H,9H2,1H3,(H,27,31). The Morgan fingerprint density at radius 3 is 2.41 bits per heavy atom. The Morgan fingerprint density at radius 2 is 1.84 bits per heavy atom. The molecule has 2 heterocycles. The monoisotopic (exact) mass is 454 g/mol. The van der Waals surface area contributed by atoms with Crippen molar-refractivity contribution in [2.45, 2.75) is 19.1 Å². The molecule has 0 radical (unpaired) electrons. The van der Waals surface area contributed by atoms with Gasteiger partial charge in [0.05, 0.1) is 23.6 Å². The van der Waals surface area contributed by atoms with Gasteiger partial charge in [0.25, 0.3) is 11.5 Å². The van der Waals surface area contributed by atoms with Crippen LogP contribution in [0.15, 0.2) is 47.4 Å². The van der Waals surface area contributed by atoms with Gasteiger partial charge in [0.2, 0.25) is 0 Å². The highest BCUT2D eigenvalue weighted by Crippen LogP contribution is 2.29. The lowest BCUT2D eigenvalue weighted by molar-refractivity contribution is -0.137. The molecule has 1 aromatic carbocycles. The predicted octanol–water partition coefficient (Wildman–Crippen LogP) is 2.70. The van der Waals surface area contributed by atoms with E-state index in [1.54, 1.807) is 0 Å². The van der Waals surface area contributed by atoms with Crippen molar-refractivity contribution in [3.05, 3.63) is 75.7 Å². The van der Waals surface area contributed by atoms with Crippen molar-refractivity contribution in [3.8, 4) is 17.1 Å². The van der Waals surface area contributed by atoms with Crippen LogP contribution in [0.1, 0.15) is 22.8 Å². The predicted molar refractivity (Wildman–Crippen MR) is 102 cm³/mol. The molecule has 2 N–H and O–H groups in total. The van der Waals surface area contributed by atoms with Crippen LogP contribution in [0.3, 0.4) is 0 Å². The number of halogens is 5. The minimum Gasteiger partial charge on any atom is -0.394 e. The molecular weight excluding hydrogens is 439 g/mol. The molecule has 0 aliphatic heterocycles. The van der Waals surface area contributed by atoms with E-state index in [1.165, 1.54) is 6.92 Å². The molecule has 0 bridgehead atoms. The number of alkyl halides is 3. The number of amides is 1. The highest BCUT2D eigenvalue weighted by Gasteiger charge is 2.31. The number of hydrogen-bond donors (Lipinski definition) is 2. The summed E-state index contributed by atoms with van der Waals surface area (Å²) in [4.78, 5) is 29.1. The van der Waals surface area contributed by atoms with Gasteiger partial charge in [0.1, 0.15) is 11.3 Å². The van der Waals surface area contributed by atoms with E-state index in [9.17, 15) is 31.5 Å². The summed E-state index contributed by atoms with van der Waals surface area (Å²) in [6, 6.07) is 4.47. The van der Waals surface area contributed by atoms with E-state index < -0.39 is 53.1 Å². The van der Waals surface area contributed by atoms with Crippen molar-refractivity contribution in [3.63, 3.8) is 0 Å². The largest absolute Gasteiger partial charge is 0.417 e. The number of aliphatic hydroxyl groups excluding tert-OH is 1. The van der Waals surface area contributed by atoms with Crippen molar-refractivity contribution in [1.82, 2.24) is 20.1 Å². The molecule has 0 saturated carbocycles. The molecule has 3 rings (SSSR count). The van der Waals surface area contributed by atoms with Crippen LogP contribution in [0.25, 0.3) is 17.1 Å². The van der Waals surface area contributed by atoms with E-state index in [1.807, 2.05) is 0 Å². The fraction of sp³-hybridized carbons (Fsp3) is 0.200. The first-order valence-electron chi connectivity index (χ1n) is 9.06. The molecule has 12 heteroatoms. The Morgan fingerprint density at radius 1 is 1.12 bits per heavy atom. The minimum atomic E-state index is -4.63. The topological polar surface area (TPSA) is 97.1 Å². The minimum absolute atomic E-state index is 0.112. The second-order valence-electron chi connectivity index (χ2n) is 6.75. The van der Waals surface area contributed by atoms with Crippen LogP contribution in [0.2, 0.25) is 0 Å². The number of carbonyl (C=O) groups excluding carboxylic acids is 1. The number of aliphatic hydroxyl groups is 1. The van der Waals surface area contributed by atoms with Gasteiger partial charge in [-0.25, -0.2) is 8.78 Å². The van der Waals surface area contributed by atoms with Gasteiger partial charge in [-0.05, 0) is 37.3 Å².